The Balaban J connectivity index is 1.41. The van der Waals surface area contributed by atoms with Crippen LogP contribution in [0.15, 0.2) is 42.7 Å². The molecular weight excluding hydrogens is 386 g/mol. The Kier molecular flexibility index (Phi) is 5.67. The normalized spacial score (nSPS) is 16.8. The van der Waals surface area contributed by atoms with Crippen LogP contribution in [0.3, 0.4) is 0 Å². The minimum absolute atomic E-state index is 0.00105. The SMILES string of the molecule is Cc1cc(OCC(=O)N2CCCC(c3cc4ncccc4cn3)C2)cc(C)c1Cl. The second-order valence-electron chi connectivity index (χ2n) is 7.64. The molecule has 1 atom stereocenters. The molecule has 1 aromatic carbocycles. The molecule has 4 rings (SSSR count). The number of carbonyl (C=O) groups is 1. The average Bonchev–Trinajstić information content (AvgIpc) is 2.75. The molecule has 1 saturated heterocycles. The smallest absolute Gasteiger partial charge is 0.260 e. The molecule has 1 fully saturated rings. The molecule has 1 aliphatic heterocycles. The van der Waals surface area contributed by atoms with E-state index in [2.05, 4.69) is 9.97 Å². The number of aromatic nitrogens is 2. The fraction of sp³-hybridized carbons (Fsp3) is 0.348. The molecule has 29 heavy (non-hydrogen) atoms. The number of hydrogen-bond donors (Lipinski definition) is 0. The van der Waals surface area contributed by atoms with Gasteiger partial charge < -0.3 is 9.64 Å². The number of aryl methyl sites for hydroxylation is 2. The van der Waals surface area contributed by atoms with E-state index >= 15 is 0 Å². The van der Waals surface area contributed by atoms with Gasteiger partial charge in [-0.15, -0.1) is 0 Å². The minimum Gasteiger partial charge on any atom is -0.484 e. The zero-order valence-electron chi connectivity index (χ0n) is 16.7. The summed E-state index contributed by atoms with van der Waals surface area (Å²) in [7, 11) is 0. The molecule has 3 aromatic rings. The van der Waals surface area contributed by atoms with E-state index in [1.807, 2.05) is 55.3 Å². The van der Waals surface area contributed by atoms with E-state index in [1.54, 1.807) is 6.20 Å². The Bertz CT molecular complexity index is 1030. The Morgan fingerprint density at radius 3 is 2.83 bits per heavy atom. The van der Waals surface area contributed by atoms with Crippen LogP contribution in [0.5, 0.6) is 5.75 Å². The molecular formula is C23H24ClN3O2. The van der Waals surface area contributed by atoms with Gasteiger partial charge in [0.2, 0.25) is 0 Å². The van der Waals surface area contributed by atoms with Crippen molar-refractivity contribution >= 4 is 28.4 Å². The van der Waals surface area contributed by atoms with Crippen LogP contribution < -0.4 is 4.74 Å². The average molecular weight is 410 g/mol. The lowest BCUT2D eigenvalue weighted by Crippen LogP contribution is -2.41. The Morgan fingerprint density at radius 1 is 1.24 bits per heavy atom. The molecule has 0 aliphatic carbocycles. The molecule has 0 N–H and O–H groups in total. The van der Waals surface area contributed by atoms with E-state index in [0.717, 1.165) is 52.1 Å². The van der Waals surface area contributed by atoms with Crippen LogP contribution in [0.25, 0.3) is 10.9 Å². The molecule has 1 aliphatic rings. The summed E-state index contributed by atoms with van der Waals surface area (Å²) in [6.45, 7) is 5.31. The van der Waals surface area contributed by atoms with Gasteiger partial charge in [-0.25, -0.2) is 0 Å². The Morgan fingerprint density at radius 2 is 2.03 bits per heavy atom. The molecule has 2 aromatic heterocycles. The molecule has 0 radical (unpaired) electrons. The first-order chi connectivity index (χ1) is 14.0. The van der Waals surface area contributed by atoms with Gasteiger partial charge >= 0.3 is 0 Å². The second kappa shape index (κ2) is 8.37. The second-order valence-corrected chi connectivity index (χ2v) is 8.02. The minimum atomic E-state index is -0.00105. The number of ether oxygens (including phenoxy) is 1. The van der Waals surface area contributed by atoms with Crippen LogP contribution in [0, 0.1) is 13.8 Å². The van der Waals surface area contributed by atoms with Gasteiger partial charge in [-0.1, -0.05) is 11.6 Å². The number of carbonyl (C=O) groups excluding carboxylic acids is 1. The predicted octanol–water partition coefficient (Wildman–Crippen LogP) is 4.69. The van der Waals surface area contributed by atoms with Crippen molar-refractivity contribution in [3.63, 3.8) is 0 Å². The lowest BCUT2D eigenvalue weighted by Gasteiger charge is -2.32. The number of pyridine rings is 2. The number of fused-ring (bicyclic) bond motifs is 1. The van der Waals surface area contributed by atoms with Gasteiger partial charge in [0, 0.05) is 47.5 Å². The number of likely N-dealkylation sites (tertiary alicyclic amines) is 1. The van der Waals surface area contributed by atoms with Crippen molar-refractivity contribution in [1.82, 2.24) is 14.9 Å². The summed E-state index contributed by atoms with van der Waals surface area (Å²) < 4.78 is 5.76. The summed E-state index contributed by atoms with van der Waals surface area (Å²) in [6, 6.07) is 9.70. The maximum atomic E-state index is 12.7. The predicted molar refractivity (Wildman–Crippen MR) is 115 cm³/mol. The van der Waals surface area contributed by atoms with Crippen molar-refractivity contribution in [2.24, 2.45) is 0 Å². The molecule has 1 amide bonds. The van der Waals surface area contributed by atoms with E-state index in [1.165, 1.54) is 0 Å². The van der Waals surface area contributed by atoms with Crippen molar-refractivity contribution in [1.29, 1.82) is 0 Å². The van der Waals surface area contributed by atoms with Crippen LogP contribution in [0.1, 0.15) is 35.6 Å². The van der Waals surface area contributed by atoms with E-state index in [-0.39, 0.29) is 18.4 Å². The van der Waals surface area contributed by atoms with E-state index in [9.17, 15) is 4.79 Å². The van der Waals surface area contributed by atoms with Crippen LogP contribution in [0.4, 0.5) is 0 Å². The summed E-state index contributed by atoms with van der Waals surface area (Å²) in [5.74, 6) is 0.895. The summed E-state index contributed by atoms with van der Waals surface area (Å²) in [4.78, 5) is 23.7. The highest BCUT2D eigenvalue weighted by molar-refractivity contribution is 6.32. The summed E-state index contributed by atoms with van der Waals surface area (Å²) in [6.07, 6.45) is 5.64. The number of benzene rings is 1. The van der Waals surface area contributed by atoms with Crippen LogP contribution in [-0.4, -0.2) is 40.5 Å². The Hall–Kier alpha value is -2.66. The number of hydrogen-bond acceptors (Lipinski definition) is 4. The van der Waals surface area contributed by atoms with Crippen molar-refractivity contribution in [3.05, 3.63) is 64.6 Å². The number of rotatable bonds is 4. The largest absolute Gasteiger partial charge is 0.484 e. The van der Waals surface area contributed by atoms with Gasteiger partial charge in [-0.05, 0) is 68.1 Å². The lowest BCUT2D eigenvalue weighted by molar-refractivity contribution is -0.134. The van der Waals surface area contributed by atoms with Crippen molar-refractivity contribution in [2.75, 3.05) is 19.7 Å². The molecule has 150 valence electrons. The third kappa shape index (κ3) is 4.35. The third-order valence-electron chi connectivity index (χ3n) is 5.47. The van der Waals surface area contributed by atoms with Crippen LogP contribution in [-0.2, 0) is 4.79 Å². The topological polar surface area (TPSA) is 55.3 Å². The maximum absolute atomic E-state index is 12.7. The molecule has 3 heterocycles. The number of piperidine rings is 1. The summed E-state index contributed by atoms with van der Waals surface area (Å²) in [5, 5.41) is 1.77. The van der Waals surface area contributed by atoms with E-state index in [0.29, 0.717) is 12.3 Å². The van der Waals surface area contributed by atoms with E-state index < -0.39 is 0 Å². The van der Waals surface area contributed by atoms with Crippen LogP contribution in [0.2, 0.25) is 5.02 Å². The zero-order valence-corrected chi connectivity index (χ0v) is 17.4. The third-order valence-corrected chi connectivity index (χ3v) is 6.07. The standard InChI is InChI=1S/C23H24ClN3O2/c1-15-9-19(10-16(2)23(15)24)29-14-22(28)27-8-4-6-18(13-27)21-11-20-17(12-26-21)5-3-7-25-20/h3,5,7,9-12,18H,4,6,8,13-14H2,1-2H3. The zero-order chi connectivity index (χ0) is 20.4. The van der Waals surface area contributed by atoms with Crippen molar-refractivity contribution < 1.29 is 9.53 Å². The fourth-order valence-electron chi connectivity index (χ4n) is 3.88. The molecule has 5 nitrogen and oxygen atoms in total. The Labute approximate surface area is 175 Å². The van der Waals surface area contributed by atoms with Crippen molar-refractivity contribution in [2.45, 2.75) is 32.6 Å². The summed E-state index contributed by atoms with van der Waals surface area (Å²) in [5.41, 5.74) is 3.84. The van der Waals surface area contributed by atoms with Gasteiger partial charge in [-0.2, -0.15) is 0 Å². The molecule has 1 unspecified atom stereocenters. The number of amides is 1. The van der Waals surface area contributed by atoms with Crippen LogP contribution >= 0.6 is 11.6 Å². The van der Waals surface area contributed by atoms with Gasteiger partial charge in [-0.3, -0.25) is 14.8 Å². The highest BCUT2D eigenvalue weighted by atomic mass is 35.5. The molecule has 6 heteroatoms. The first-order valence-corrected chi connectivity index (χ1v) is 10.3. The van der Waals surface area contributed by atoms with Gasteiger partial charge in [0.05, 0.1) is 5.52 Å². The highest BCUT2D eigenvalue weighted by Crippen LogP contribution is 2.28. The number of nitrogens with zero attached hydrogens (tertiary/aromatic N) is 3. The maximum Gasteiger partial charge on any atom is 0.260 e. The summed E-state index contributed by atoms with van der Waals surface area (Å²) >= 11 is 6.20. The van der Waals surface area contributed by atoms with Gasteiger partial charge in [0.25, 0.3) is 5.91 Å². The fourth-order valence-corrected chi connectivity index (χ4v) is 3.98. The number of halogens is 1. The first-order valence-electron chi connectivity index (χ1n) is 9.89. The first kappa shape index (κ1) is 19.6. The lowest BCUT2D eigenvalue weighted by atomic mass is 9.94. The van der Waals surface area contributed by atoms with Crippen molar-refractivity contribution in [3.8, 4) is 5.75 Å². The highest BCUT2D eigenvalue weighted by Gasteiger charge is 2.26. The quantitative estimate of drug-likeness (QED) is 0.627. The molecule has 0 bridgehead atoms. The monoisotopic (exact) mass is 409 g/mol. The molecule has 0 saturated carbocycles. The molecule has 0 spiro atoms. The van der Waals surface area contributed by atoms with E-state index in [4.69, 9.17) is 16.3 Å². The van der Waals surface area contributed by atoms with Gasteiger partial charge in [0.15, 0.2) is 6.61 Å². The van der Waals surface area contributed by atoms with Gasteiger partial charge in [0.1, 0.15) is 5.75 Å².